The molecular formula is C14H17F3N2O3. The van der Waals surface area contributed by atoms with Crippen LogP contribution in [0.1, 0.15) is 23.8 Å². The molecule has 2 unspecified atom stereocenters. The Bertz CT molecular complexity index is 536. The fraction of sp³-hybridized carbons (Fsp3) is 0.571. The number of nitrogens with zero attached hydrogens (tertiary/aromatic N) is 2. The summed E-state index contributed by atoms with van der Waals surface area (Å²) in [6, 6.07) is 4.08. The number of carbonyl (C=O) groups excluding carboxylic acids is 1. The van der Waals surface area contributed by atoms with Gasteiger partial charge in [0.1, 0.15) is 5.69 Å². The molecule has 1 amide bonds. The second-order valence-electron chi connectivity index (χ2n) is 5.35. The van der Waals surface area contributed by atoms with Crippen molar-refractivity contribution in [2.45, 2.75) is 25.6 Å². The summed E-state index contributed by atoms with van der Waals surface area (Å²) < 4.78 is 40.9. The molecule has 1 N–H and O–H groups in total. The molecule has 0 aliphatic carbocycles. The van der Waals surface area contributed by atoms with Crippen LogP contribution in [0.5, 0.6) is 5.88 Å². The maximum absolute atomic E-state index is 12.3. The fourth-order valence-electron chi connectivity index (χ4n) is 2.17. The van der Waals surface area contributed by atoms with Crippen LogP contribution in [-0.2, 0) is 0 Å². The summed E-state index contributed by atoms with van der Waals surface area (Å²) >= 11 is 0. The van der Waals surface area contributed by atoms with E-state index in [0.717, 1.165) is 0 Å². The highest BCUT2D eigenvalue weighted by Crippen LogP contribution is 2.20. The van der Waals surface area contributed by atoms with Gasteiger partial charge in [-0.25, -0.2) is 4.98 Å². The van der Waals surface area contributed by atoms with Crippen molar-refractivity contribution >= 4 is 5.91 Å². The zero-order valence-corrected chi connectivity index (χ0v) is 12.0. The van der Waals surface area contributed by atoms with Crippen molar-refractivity contribution in [2.75, 3.05) is 19.7 Å². The molecule has 1 aliphatic heterocycles. The quantitative estimate of drug-likeness (QED) is 0.924. The molecule has 122 valence electrons. The van der Waals surface area contributed by atoms with Crippen molar-refractivity contribution in [3.05, 3.63) is 23.9 Å². The molecule has 0 saturated carbocycles. The number of amides is 1. The van der Waals surface area contributed by atoms with E-state index in [1.807, 2.05) is 6.92 Å². The van der Waals surface area contributed by atoms with Crippen molar-refractivity contribution in [2.24, 2.45) is 5.92 Å². The van der Waals surface area contributed by atoms with Gasteiger partial charge in [0.25, 0.3) is 5.91 Å². The Kier molecular flexibility index (Phi) is 4.90. The Morgan fingerprint density at radius 3 is 2.86 bits per heavy atom. The van der Waals surface area contributed by atoms with E-state index in [9.17, 15) is 23.1 Å². The van der Waals surface area contributed by atoms with Crippen LogP contribution < -0.4 is 4.74 Å². The number of β-amino-alcohol motifs (C(OH)–C–C–N with tert-alkyl or cyclic N) is 1. The normalized spacial score (nSPS) is 22.5. The minimum absolute atomic E-state index is 0.00132. The molecule has 2 heterocycles. The van der Waals surface area contributed by atoms with Crippen LogP contribution in [0.15, 0.2) is 18.2 Å². The van der Waals surface area contributed by atoms with Gasteiger partial charge in [-0.2, -0.15) is 13.2 Å². The maximum Gasteiger partial charge on any atom is 0.422 e. The van der Waals surface area contributed by atoms with Gasteiger partial charge < -0.3 is 14.7 Å². The Balaban J connectivity index is 2.04. The molecule has 2 rings (SSSR count). The van der Waals surface area contributed by atoms with E-state index < -0.39 is 24.8 Å². The molecule has 2 atom stereocenters. The lowest BCUT2D eigenvalue weighted by Crippen LogP contribution is -2.46. The molecule has 0 spiro atoms. The summed E-state index contributed by atoms with van der Waals surface area (Å²) in [6.07, 6.45) is -4.41. The smallest absolute Gasteiger partial charge is 0.422 e. The molecule has 0 radical (unpaired) electrons. The summed E-state index contributed by atoms with van der Waals surface area (Å²) in [4.78, 5) is 17.5. The first-order valence-corrected chi connectivity index (χ1v) is 6.90. The lowest BCUT2D eigenvalue weighted by atomic mass is 9.96. The van der Waals surface area contributed by atoms with Gasteiger partial charge >= 0.3 is 6.18 Å². The van der Waals surface area contributed by atoms with Gasteiger partial charge in [-0.05, 0) is 18.4 Å². The zero-order valence-electron chi connectivity index (χ0n) is 12.0. The summed E-state index contributed by atoms with van der Waals surface area (Å²) in [5.41, 5.74) is 0.00132. The van der Waals surface area contributed by atoms with Gasteiger partial charge in [0.05, 0.1) is 6.10 Å². The van der Waals surface area contributed by atoms with Gasteiger partial charge in [-0.1, -0.05) is 13.0 Å². The first kappa shape index (κ1) is 16.5. The molecule has 0 aromatic carbocycles. The van der Waals surface area contributed by atoms with Crippen LogP contribution in [0.4, 0.5) is 13.2 Å². The monoisotopic (exact) mass is 318 g/mol. The minimum atomic E-state index is -4.46. The molecule has 1 aromatic heterocycles. The number of aliphatic hydroxyl groups excluding tert-OH is 1. The average Bonchev–Trinajstić information content (AvgIpc) is 2.47. The van der Waals surface area contributed by atoms with E-state index in [1.165, 1.54) is 23.1 Å². The number of halogens is 3. The van der Waals surface area contributed by atoms with Gasteiger partial charge in [-0.3, -0.25) is 4.79 Å². The first-order chi connectivity index (χ1) is 10.3. The summed E-state index contributed by atoms with van der Waals surface area (Å²) in [6.45, 7) is 1.11. The standard InChI is InChI=1S/C14H17F3N2O3/c1-9-5-6-19(7-11(9)20)13(21)10-3-2-4-12(18-10)22-8-14(15,16)17/h2-4,9,11,20H,5-8H2,1H3. The predicted molar refractivity (Wildman–Crippen MR) is 71.5 cm³/mol. The summed E-state index contributed by atoms with van der Waals surface area (Å²) in [5.74, 6) is -0.573. The number of hydrogen-bond donors (Lipinski definition) is 1. The van der Waals surface area contributed by atoms with E-state index in [2.05, 4.69) is 9.72 Å². The van der Waals surface area contributed by atoms with Crippen LogP contribution in [0.3, 0.4) is 0 Å². The molecule has 22 heavy (non-hydrogen) atoms. The van der Waals surface area contributed by atoms with Crippen molar-refractivity contribution < 1.29 is 27.8 Å². The van der Waals surface area contributed by atoms with E-state index in [-0.39, 0.29) is 24.0 Å². The first-order valence-electron chi connectivity index (χ1n) is 6.90. The van der Waals surface area contributed by atoms with Crippen molar-refractivity contribution in [1.29, 1.82) is 0 Å². The zero-order chi connectivity index (χ0) is 16.3. The highest BCUT2D eigenvalue weighted by molar-refractivity contribution is 5.92. The second-order valence-corrected chi connectivity index (χ2v) is 5.35. The van der Waals surface area contributed by atoms with Gasteiger partial charge in [0.2, 0.25) is 5.88 Å². The van der Waals surface area contributed by atoms with Crippen LogP contribution in [0.25, 0.3) is 0 Å². The van der Waals surface area contributed by atoms with Crippen molar-refractivity contribution in [3.8, 4) is 5.88 Å². The van der Waals surface area contributed by atoms with Gasteiger partial charge in [-0.15, -0.1) is 0 Å². The molecule has 1 aliphatic rings. The van der Waals surface area contributed by atoms with E-state index in [4.69, 9.17) is 0 Å². The minimum Gasteiger partial charge on any atom is -0.468 e. The number of aliphatic hydroxyl groups is 1. The molecule has 1 saturated heterocycles. The van der Waals surface area contributed by atoms with Gasteiger partial charge in [0.15, 0.2) is 6.61 Å². The van der Waals surface area contributed by atoms with Crippen LogP contribution >= 0.6 is 0 Å². The third-order valence-corrected chi connectivity index (χ3v) is 3.53. The molecule has 8 heteroatoms. The third kappa shape index (κ3) is 4.33. The summed E-state index contributed by atoms with van der Waals surface area (Å²) in [5, 5.41) is 9.81. The molecule has 1 aromatic rings. The summed E-state index contributed by atoms with van der Waals surface area (Å²) in [7, 11) is 0. The number of piperidine rings is 1. The Labute approximate surface area is 125 Å². The highest BCUT2D eigenvalue weighted by Gasteiger charge is 2.30. The Morgan fingerprint density at radius 1 is 1.50 bits per heavy atom. The lowest BCUT2D eigenvalue weighted by Gasteiger charge is -2.34. The van der Waals surface area contributed by atoms with Crippen molar-refractivity contribution in [3.63, 3.8) is 0 Å². The second kappa shape index (κ2) is 6.51. The number of carbonyl (C=O) groups is 1. The third-order valence-electron chi connectivity index (χ3n) is 3.53. The van der Waals surface area contributed by atoms with Crippen LogP contribution in [0, 0.1) is 5.92 Å². The Hall–Kier alpha value is -1.83. The topological polar surface area (TPSA) is 62.7 Å². The van der Waals surface area contributed by atoms with E-state index >= 15 is 0 Å². The Morgan fingerprint density at radius 2 is 2.23 bits per heavy atom. The fourth-order valence-corrected chi connectivity index (χ4v) is 2.17. The number of likely N-dealkylation sites (tertiary alicyclic amines) is 1. The van der Waals surface area contributed by atoms with Crippen LogP contribution in [-0.4, -0.2) is 52.9 Å². The lowest BCUT2D eigenvalue weighted by molar-refractivity contribution is -0.154. The predicted octanol–water partition coefficient (Wildman–Crippen LogP) is 1.87. The molecule has 1 fully saturated rings. The highest BCUT2D eigenvalue weighted by atomic mass is 19.4. The maximum atomic E-state index is 12.3. The number of hydrogen-bond acceptors (Lipinski definition) is 4. The SMILES string of the molecule is CC1CCN(C(=O)c2cccc(OCC(F)(F)F)n2)CC1O. The number of ether oxygens (including phenoxy) is 1. The number of aromatic nitrogens is 1. The van der Waals surface area contributed by atoms with Gasteiger partial charge in [0, 0.05) is 19.2 Å². The largest absolute Gasteiger partial charge is 0.468 e. The molecular weight excluding hydrogens is 301 g/mol. The number of alkyl halides is 3. The number of rotatable bonds is 3. The van der Waals surface area contributed by atoms with E-state index in [0.29, 0.717) is 13.0 Å². The molecule has 5 nitrogen and oxygen atoms in total. The van der Waals surface area contributed by atoms with Crippen molar-refractivity contribution in [1.82, 2.24) is 9.88 Å². The number of pyridine rings is 1. The average molecular weight is 318 g/mol. The van der Waals surface area contributed by atoms with Crippen LogP contribution in [0.2, 0.25) is 0 Å². The van der Waals surface area contributed by atoms with E-state index in [1.54, 1.807) is 0 Å². The molecule has 0 bridgehead atoms.